The molecule has 0 N–H and O–H groups in total. The van der Waals surface area contributed by atoms with Crippen molar-refractivity contribution in [3.05, 3.63) is 35.5 Å². The van der Waals surface area contributed by atoms with Crippen molar-refractivity contribution < 1.29 is 8.78 Å². The molecule has 0 radical (unpaired) electrons. The fourth-order valence-corrected chi connectivity index (χ4v) is 0.950. The van der Waals surface area contributed by atoms with Crippen molar-refractivity contribution in [3.8, 4) is 0 Å². The molecule has 0 rings (SSSR count). The number of allylic oxidation sites excluding steroid dienone is 5. The Morgan fingerprint density at radius 2 is 1.47 bits per heavy atom. The average molecular weight is 246 g/mol. The minimum atomic E-state index is -0.851. The molecule has 0 atom stereocenters. The van der Waals surface area contributed by atoms with Crippen LogP contribution in [0.3, 0.4) is 0 Å². The smallest absolute Gasteiger partial charge is 0.161 e. The Morgan fingerprint density at radius 1 is 1.06 bits per heavy atom. The molecule has 0 nitrogen and oxygen atoms in total. The van der Waals surface area contributed by atoms with Crippen LogP contribution < -0.4 is 0 Å². The van der Waals surface area contributed by atoms with E-state index in [1.54, 1.807) is 6.92 Å². The van der Waals surface area contributed by atoms with Gasteiger partial charge in [-0.3, -0.25) is 0 Å². The highest BCUT2D eigenvalue weighted by molar-refractivity contribution is 5.30. The fourth-order valence-electron chi connectivity index (χ4n) is 0.950. The summed E-state index contributed by atoms with van der Waals surface area (Å²) in [6.45, 7) is 16.6. The molecule has 0 saturated carbocycles. The van der Waals surface area contributed by atoms with Crippen molar-refractivity contribution >= 4 is 0 Å². The van der Waals surface area contributed by atoms with Gasteiger partial charge in [0, 0.05) is 0 Å². The summed E-state index contributed by atoms with van der Waals surface area (Å²) in [5.74, 6) is -1.67. The Bertz CT molecular complexity index is 248. The van der Waals surface area contributed by atoms with E-state index < -0.39 is 11.7 Å². The van der Waals surface area contributed by atoms with E-state index in [1.807, 2.05) is 34.6 Å². The number of hydrogen-bond donors (Lipinski definition) is 0. The topological polar surface area (TPSA) is 0 Å². The third-order valence-electron chi connectivity index (χ3n) is 1.60. The predicted octanol–water partition coefficient (Wildman–Crippen LogP) is 6.51. The van der Waals surface area contributed by atoms with Crippen LogP contribution in [0.25, 0.3) is 0 Å². The summed E-state index contributed by atoms with van der Waals surface area (Å²) in [4.78, 5) is 0. The first-order valence-electron chi connectivity index (χ1n) is 6.37. The quantitative estimate of drug-likeness (QED) is 0.496. The zero-order chi connectivity index (χ0) is 14.4. The standard InChI is InChI=1S/C11H16F2.2C2H6/c1-5-6-9(4)7-10(12)11(13)8(2)3;2*1-2/h7H,2,5-6H2,1,3-4H3;2*1-2H3/b9-7-,11-10-;;. The minimum Gasteiger partial charge on any atom is -0.204 e. The highest BCUT2D eigenvalue weighted by Gasteiger charge is 2.03. The lowest BCUT2D eigenvalue weighted by Gasteiger charge is -1.98. The van der Waals surface area contributed by atoms with Crippen LogP contribution in [0.1, 0.15) is 61.3 Å². The monoisotopic (exact) mass is 246 g/mol. The Kier molecular flexibility index (Phi) is 19.0. The second kappa shape index (κ2) is 15.1. The van der Waals surface area contributed by atoms with Gasteiger partial charge < -0.3 is 0 Å². The summed E-state index contributed by atoms with van der Waals surface area (Å²) in [6, 6.07) is 0. The molecule has 0 bridgehead atoms. The van der Waals surface area contributed by atoms with E-state index in [0.29, 0.717) is 0 Å². The first kappa shape index (κ1) is 21.4. The molecule has 0 aliphatic carbocycles. The summed E-state index contributed by atoms with van der Waals surface area (Å²) in [5.41, 5.74) is 0.967. The van der Waals surface area contributed by atoms with E-state index in [4.69, 9.17) is 0 Å². The SMILES string of the molecule is C=C(C)/C(F)=C(F)\C=C(\C)CCC.CC.CC. The summed E-state index contributed by atoms with van der Waals surface area (Å²) >= 11 is 0. The summed E-state index contributed by atoms with van der Waals surface area (Å²) in [6.07, 6.45) is 2.95. The van der Waals surface area contributed by atoms with Gasteiger partial charge in [0.1, 0.15) is 0 Å². The molecule has 2 heteroatoms. The molecule has 0 aliphatic heterocycles. The van der Waals surface area contributed by atoms with Crippen LogP contribution >= 0.6 is 0 Å². The Labute approximate surface area is 106 Å². The Balaban J connectivity index is -0.000000439. The van der Waals surface area contributed by atoms with Crippen molar-refractivity contribution in [1.29, 1.82) is 0 Å². The van der Waals surface area contributed by atoms with Gasteiger partial charge in [0.2, 0.25) is 0 Å². The predicted molar refractivity (Wildman–Crippen MR) is 75.4 cm³/mol. The second-order valence-electron chi connectivity index (χ2n) is 3.18. The number of hydrogen-bond acceptors (Lipinski definition) is 0. The van der Waals surface area contributed by atoms with Gasteiger partial charge in [0.25, 0.3) is 0 Å². The maximum atomic E-state index is 13.0. The van der Waals surface area contributed by atoms with Gasteiger partial charge in [0.15, 0.2) is 11.7 Å². The van der Waals surface area contributed by atoms with Crippen molar-refractivity contribution in [3.63, 3.8) is 0 Å². The number of rotatable bonds is 4. The molecular weight excluding hydrogens is 218 g/mol. The normalized spacial score (nSPS) is 11.5. The van der Waals surface area contributed by atoms with E-state index in [2.05, 4.69) is 6.58 Å². The third kappa shape index (κ3) is 13.0. The highest BCUT2D eigenvalue weighted by Crippen LogP contribution is 2.19. The molecule has 0 fully saturated rings. The molecule has 0 heterocycles. The minimum absolute atomic E-state index is 0.123. The molecule has 0 aromatic heterocycles. The van der Waals surface area contributed by atoms with Crippen molar-refractivity contribution in [1.82, 2.24) is 0 Å². The average Bonchev–Trinajstić information content (AvgIpc) is 2.33. The first-order chi connectivity index (χ1) is 7.99. The molecule has 17 heavy (non-hydrogen) atoms. The van der Waals surface area contributed by atoms with Crippen LogP contribution in [0.5, 0.6) is 0 Å². The first-order valence-corrected chi connectivity index (χ1v) is 6.37. The van der Waals surface area contributed by atoms with Crippen molar-refractivity contribution in [2.45, 2.75) is 61.3 Å². The van der Waals surface area contributed by atoms with Crippen LogP contribution in [-0.4, -0.2) is 0 Å². The van der Waals surface area contributed by atoms with Crippen molar-refractivity contribution in [2.24, 2.45) is 0 Å². The van der Waals surface area contributed by atoms with Crippen LogP contribution in [-0.2, 0) is 0 Å². The van der Waals surface area contributed by atoms with E-state index in [1.165, 1.54) is 13.0 Å². The second-order valence-corrected chi connectivity index (χ2v) is 3.18. The van der Waals surface area contributed by atoms with Gasteiger partial charge >= 0.3 is 0 Å². The molecular formula is C15H28F2. The number of halogens is 2. The fraction of sp³-hybridized carbons (Fsp3) is 0.600. The molecule has 0 spiro atoms. The van der Waals surface area contributed by atoms with Crippen LogP contribution in [0.4, 0.5) is 8.78 Å². The lowest BCUT2D eigenvalue weighted by Crippen LogP contribution is -1.82. The Morgan fingerprint density at radius 3 is 1.76 bits per heavy atom. The van der Waals surface area contributed by atoms with E-state index in [-0.39, 0.29) is 5.57 Å². The molecule has 102 valence electrons. The van der Waals surface area contributed by atoms with E-state index >= 15 is 0 Å². The van der Waals surface area contributed by atoms with Crippen molar-refractivity contribution in [2.75, 3.05) is 0 Å². The summed E-state index contributed by atoms with van der Waals surface area (Å²) in [5, 5.41) is 0. The van der Waals surface area contributed by atoms with Gasteiger partial charge in [-0.2, -0.15) is 0 Å². The molecule has 0 aromatic rings. The van der Waals surface area contributed by atoms with Crippen LogP contribution in [0.15, 0.2) is 35.5 Å². The zero-order valence-corrected chi connectivity index (χ0v) is 12.5. The third-order valence-corrected chi connectivity index (χ3v) is 1.60. The summed E-state index contributed by atoms with van der Waals surface area (Å²) in [7, 11) is 0. The maximum absolute atomic E-state index is 13.0. The van der Waals surface area contributed by atoms with Gasteiger partial charge in [0.05, 0.1) is 0 Å². The molecule has 0 unspecified atom stereocenters. The van der Waals surface area contributed by atoms with Gasteiger partial charge in [-0.1, -0.05) is 53.2 Å². The van der Waals surface area contributed by atoms with E-state index in [0.717, 1.165) is 18.4 Å². The lowest BCUT2D eigenvalue weighted by molar-refractivity contribution is 0.563. The maximum Gasteiger partial charge on any atom is 0.161 e. The van der Waals surface area contributed by atoms with Gasteiger partial charge in [-0.15, -0.1) is 0 Å². The Hall–Kier alpha value is -0.920. The summed E-state index contributed by atoms with van der Waals surface area (Å²) < 4.78 is 25.9. The van der Waals surface area contributed by atoms with Crippen LogP contribution in [0.2, 0.25) is 0 Å². The largest absolute Gasteiger partial charge is 0.204 e. The van der Waals surface area contributed by atoms with Crippen LogP contribution in [0, 0.1) is 0 Å². The molecule has 0 aliphatic rings. The molecule has 0 saturated heterocycles. The highest BCUT2D eigenvalue weighted by atomic mass is 19.2. The zero-order valence-electron chi connectivity index (χ0n) is 12.5. The molecule has 0 aromatic carbocycles. The molecule has 0 amide bonds. The lowest BCUT2D eigenvalue weighted by atomic mass is 10.1. The van der Waals surface area contributed by atoms with E-state index in [9.17, 15) is 8.78 Å². The van der Waals surface area contributed by atoms with Gasteiger partial charge in [-0.25, -0.2) is 8.78 Å². The van der Waals surface area contributed by atoms with Gasteiger partial charge in [-0.05, 0) is 31.9 Å².